The number of hydrogen-bond acceptors (Lipinski definition) is 4. The first-order valence-electron chi connectivity index (χ1n) is 13.2. The molecular formula is C30H38ClFN2O3. The number of allylic oxidation sites excluding steroid dienone is 1. The van der Waals surface area contributed by atoms with Gasteiger partial charge < -0.3 is 14.4 Å². The van der Waals surface area contributed by atoms with E-state index in [1.807, 2.05) is 26.0 Å². The van der Waals surface area contributed by atoms with Crippen LogP contribution in [-0.4, -0.2) is 61.7 Å². The molecule has 2 aliphatic rings. The fourth-order valence-corrected chi connectivity index (χ4v) is 5.46. The molecule has 1 saturated carbocycles. The van der Waals surface area contributed by atoms with Crippen molar-refractivity contribution >= 4 is 23.1 Å². The molecule has 1 aliphatic carbocycles. The summed E-state index contributed by atoms with van der Waals surface area (Å²) in [6.07, 6.45) is 4.66. The minimum absolute atomic E-state index is 0.0115. The quantitative estimate of drug-likeness (QED) is 0.374. The number of amides is 1. The third kappa shape index (κ3) is 6.02. The Morgan fingerprint density at radius 3 is 2.54 bits per heavy atom. The zero-order valence-corrected chi connectivity index (χ0v) is 23.1. The maximum absolute atomic E-state index is 14.6. The normalized spacial score (nSPS) is 17.6. The summed E-state index contributed by atoms with van der Waals surface area (Å²) in [6, 6.07) is 10.5. The number of benzene rings is 2. The molecule has 0 atom stereocenters. The van der Waals surface area contributed by atoms with Gasteiger partial charge in [0.1, 0.15) is 11.6 Å². The molecule has 0 N–H and O–H groups in total. The topological polar surface area (TPSA) is 42.0 Å². The monoisotopic (exact) mass is 528 g/mol. The van der Waals surface area contributed by atoms with Crippen LogP contribution in [0.25, 0.3) is 5.57 Å². The van der Waals surface area contributed by atoms with Gasteiger partial charge >= 0.3 is 0 Å². The lowest BCUT2D eigenvalue weighted by atomic mass is 9.86. The number of carbonyl (C=O) groups excluding carboxylic acids is 1. The minimum Gasteiger partial charge on any atom is -0.496 e. The van der Waals surface area contributed by atoms with Gasteiger partial charge in [-0.3, -0.25) is 9.69 Å². The maximum atomic E-state index is 14.6. The van der Waals surface area contributed by atoms with Crippen LogP contribution in [0.1, 0.15) is 56.7 Å². The Bertz CT molecular complexity index is 1120. The van der Waals surface area contributed by atoms with Gasteiger partial charge in [-0.05, 0) is 69.4 Å². The van der Waals surface area contributed by atoms with E-state index in [0.717, 1.165) is 74.6 Å². The minimum atomic E-state index is -0.648. The van der Waals surface area contributed by atoms with Gasteiger partial charge in [0.2, 0.25) is 5.91 Å². The second kappa shape index (κ2) is 12.0. The van der Waals surface area contributed by atoms with E-state index in [4.69, 9.17) is 21.1 Å². The molecular weight excluding hydrogens is 491 g/mol. The van der Waals surface area contributed by atoms with Crippen LogP contribution in [0.3, 0.4) is 0 Å². The van der Waals surface area contributed by atoms with Crippen molar-refractivity contribution in [2.75, 3.05) is 40.0 Å². The molecule has 1 saturated heterocycles. The molecule has 1 amide bonds. The highest BCUT2D eigenvalue weighted by Gasteiger charge is 2.54. The maximum Gasteiger partial charge on any atom is 0.233 e. The van der Waals surface area contributed by atoms with Crippen LogP contribution in [0.5, 0.6) is 5.75 Å². The smallest absolute Gasteiger partial charge is 0.233 e. The van der Waals surface area contributed by atoms with Crippen molar-refractivity contribution in [3.8, 4) is 5.75 Å². The van der Waals surface area contributed by atoms with E-state index in [1.54, 1.807) is 24.1 Å². The molecule has 0 aromatic heterocycles. The molecule has 7 heteroatoms. The predicted octanol–water partition coefficient (Wildman–Crippen LogP) is 6.08. The van der Waals surface area contributed by atoms with E-state index >= 15 is 0 Å². The Morgan fingerprint density at radius 1 is 1.22 bits per heavy atom. The molecule has 0 unspecified atom stereocenters. The molecule has 0 radical (unpaired) electrons. The van der Waals surface area contributed by atoms with E-state index in [9.17, 15) is 9.18 Å². The number of methoxy groups -OCH3 is 1. The van der Waals surface area contributed by atoms with E-state index in [1.165, 1.54) is 6.07 Å². The third-order valence-corrected chi connectivity index (χ3v) is 7.94. The first-order chi connectivity index (χ1) is 17.8. The van der Waals surface area contributed by atoms with Crippen LogP contribution < -0.4 is 4.74 Å². The zero-order chi connectivity index (χ0) is 26.6. The Kier molecular flexibility index (Phi) is 8.94. The van der Waals surface area contributed by atoms with Gasteiger partial charge in [0.25, 0.3) is 0 Å². The summed E-state index contributed by atoms with van der Waals surface area (Å²) in [5, 5.41) is 0.337. The van der Waals surface area contributed by atoms with Gasteiger partial charge in [0.15, 0.2) is 0 Å². The average molecular weight is 529 g/mol. The SMILES string of the molecule is COc1cccc(C2(C(=O)N(Cc3c(F)cccc3Cl)C(C)C)CC2)c1/C(C)=C\CCN1CCOCC1. The van der Waals surface area contributed by atoms with Gasteiger partial charge in [0.05, 0.1) is 32.3 Å². The van der Waals surface area contributed by atoms with Gasteiger partial charge in [-0.1, -0.05) is 35.9 Å². The summed E-state index contributed by atoms with van der Waals surface area (Å²) in [7, 11) is 1.67. The summed E-state index contributed by atoms with van der Waals surface area (Å²) in [4.78, 5) is 18.3. The van der Waals surface area contributed by atoms with Crippen molar-refractivity contribution in [2.24, 2.45) is 0 Å². The van der Waals surface area contributed by atoms with Crippen LogP contribution >= 0.6 is 11.6 Å². The van der Waals surface area contributed by atoms with E-state index < -0.39 is 11.2 Å². The molecule has 200 valence electrons. The lowest BCUT2D eigenvalue weighted by Gasteiger charge is -2.32. The first-order valence-corrected chi connectivity index (χ1v) is 13.5. The molecule has 1 aliphatic heterocycles. The fourth-order valence-electron chi connectivity index (χ4n) is 5.24. The van der Waals surface area contributed by atoms with Crippen molar-refractivity contribution in [2.45, 2.75) is 58.0 Å². The molecule has 4 rings (SSSR count). The second-order valence-corrected chi connectivity index (χ2v) is 10.7. The molecule has 1 heterocycles. The summed E-state index contributed by atoms with van der Waals surface area (Å²) in [5.41, 5.74) is 2.79. The Balaban J connectivity index is 1.63. The molecule has 2 aromatic carbocycles. The standard InChI is InChI=1S/C30H38ClFN2O3/c1-21(2)34(20-23-25(31)10-6-11-26(23)32)29(35)30(13-14-30)24-9-5-12-27(36-4)28(24)22(3)8-7-15-33-16-18-37-19-17-33/h5-6,8-12,21H,7,13-20H2,1-4H3/b22-8-. The Hall–Kier alpha value is -2.41. The first kappa shape index (κ1) is 27.6. The lowest BCUT2D eigenvalue weighted by Crippen LogP contribution is -2.43. The molecule has 0 spiro atoms. The van der Waals surface area contributed by atoms with Gasteiger partial charge in [-0.15, -0.1) is 0 Å². The molecule has 2 fully saturated rings. The number of hydrogen-bond donors (Lipinski definition) is 0. The van der Waals surface area contributed by atoms with E-state index in [2.05, 4.69) is 24.0 Å². The molecule has 2 aromatic rings. The van der Waals surface area contributed by atoms with Crippen LogP contribution in [-0.2, 0) is 21.5 Å². The van der Waals surface area contributed by atoms with E-state index in [-0.39, 0.29) is 18.5 Å². The third-order valence-electron chi connectivity index (χ3n) is 7.59. The molecule has 5 nitrogen and oxygen atoms in total. The van der Waals surface area contributed by atoms with Crippen molar-refractivity contribution in [1.29, 1.82) is 0 Å². The predicted molar refractivity (Wildman–Crippen MR) is 147 cm³/mol. The summed E-state index contributed by atoms with van der Waals surface area (Å²) < 4.78 is 25.9. The lowest BCUT2D eigenvalue weighted by molar-refractivity contribution is -0.136. The van der Waals surface area contributed by atoms with Gasteiger partial charge in [-0.25, -0.2) is 4.39 Å². The number of rotatable bonds is 10. The van der Waals surface area contributed by atoms with Crippen molar-refractivity contribution in [3.63, 3.8) is 0 Å². The number of carbonyl (C=O) groups is 1. The average Bonchev–Trinajstić information content (AvgIpc) is 3.70. The van der Waals surface area contributed by atoms with Crippen molar-refractivity contribution < 1.29 is 18.7 Å². The Morgan fingerprint density at radius 2 is 1.92 bits per heavy atom. The highest BCUT2D eigenvalue weighted by Crippen LogP contribution is 2.53. The van der Waals surface area contributed by atoms with Gasteiger partial charge in [0, 0.05) is 41.8 Å². The Labute approximate surface area is 225 Å². The van der Waals surface area contributed by atoms with Gasteiger partial charge in [-0.2, -0.15) is 0 Å². The molecule has 0 bridgehead atoms. The largest absolute Gasteiger partial charge is 0.496 e. The fraction of sp³-hybridized carbons (Fsp3) is 0.500. The number of halogens is 2. The zero-order valence-electron chi connectivity index (χ0n) is 22.4. The summed E-state index contributed by atoms with van der Waals surface area (Å²) in [6.45, 7) is 10.6. The van der Waals surface area contributed by atoms with E-state index in [0.29, 0.717) is 10.6 Å². The van der Waals surface area contributed by atoms with Crippen LogP contribution in [0.2, 0.25) is 5.02 Å². The van der Waals surface area contributed by atoms with Crippen LogP contribution in [0, 0.1) is 5.82 Å². The highest BCUT2D eigenvalue weighted by molar-refractivity contribution is 6.31. The van der Waals surface area contributed by atoms with Crippen molar-refractivity contribution in [3.05, 3.63) is 70.0 Å². The summed E-state index contributed by atoms with van der Waals surface area (Å²) >= 11 is 6.33. The second-order valence-electron chi connectivity index (χ2n) is 10.3. The number of ether oxygens (including phenoxy) is 2. The summed E-state index contributed by atoms with van der Waals surface area (Å²) in [5.74, 6) is 0.388. The molecule has 37 heavy (non-hydrogen) atoms. The number of morpholine rings is 1. The highest BCUT2D eigenvalue weighted by atomic mass is 35.5. The van der Waals surface area contributed by atoms with Crippen molar-refractivity contribution in [1.82, 2.24) is 9.80 Å². The van der Waals surface area contributed by atoms with Crippen LogP contribution in [0.15, 0.2) is 42.5 Å². The number of nitrogens with zero attached hydrogens (tertiary/aromatic N) is 2. The van der Waals surface area contributed by atoms with Crippen LogP contribution in [0.4, 0.5) is 4.39 Å².